The second kappa shape index (κ2) is 5.24. The Bertz CT molecular complexity index is 647. The van der Waals surface area contributed by atoms with Gasteiger partial charge in [0, 0.05) is 26.3 Å². The summed E-state index contributed by atoms with van der Waals surface area (Å²) in [6, 6.07) is 7.64. The van der Waals surface area contributed by atoms with E-state index in [-0.39, 0.29) is 0 Å². The van der Waals surface area contributed by atoms with Crippen molar-refractivity contribution in [3.8, 4) is 0 Å². The van der Waals surface area contributed by atoms with E-state index in [1.807, 2.05) is 36.2 Å². The number of nitrogens with two attached hydrogens (primary N) is 2. The van der Waals surface area contributed by atoms with Crippen molar-refractivity contribution < 1.29 is 4.79 Å². The molecule has 1 aromatic heterocycles. The van der Waals surface area contributed by atoms with E-state index in [2.05, 4.69) is 5.10 Å². The van der Waals surface area contributed by atoms with Gasteiger partial charge >= 0.3 is 0 Å². The second-order valence-corrected chi connectivity index (χ2v) is 4.87. The molecule has 0 aliphatic heterocycles. The van der Waals surface area contributed by atoms with Crippen LogP contribution in [0.5, 0.6) is 0 Å². The maximum absolute atomic E-state index is 11.6. The molecule has 0 aliphatic carbocycles. The molecule has 0 saturated carbocycles. The van der Waals surface area contributed by atoms with Crippen molar-refractivity contribution in [2.75, 3.05) is 17.7 Å². The maximum atomic E-state index is 11.6. The lowest BCUT2D eigenvalue weighted by molar-refractivity contribution is 0.1000. The van der Waals surface area contributed by atoms with E-state index in [1.54, 1.807) is 18.7 Å². The maximum Gasteiger partial charge on any atom is 0.254 e. The summed E-state index contributed by atoms with van der Waals surface area (Å²) in [5.74, 6) is 0.238. The Labute approximate surface area is 118 Å². The molecule has 0 atom stereocenters. The summed E-state index contributed by atoms with van der Waals surface area (Å²) in [6.07, 6.45) is 0. The molecule has 2 aromatic rings. The van der Waals surface area contributed by atoms with Crippen molar-refractivity contribution in [1.29, 1.82) is 0 Å². The Morgan fingerprint density at radius 1 is 1.45 bits per heavy atom. The summed E-state index contributed by atoms with van der Waals surface area (Å²) < 4.78 is 1.67. The van der Waals surface area contributed by atoms with Crippen LogP contribution < -0.4 is 16.4 Å². The van der Waals surface area contributed by atoms with Gasteiger partial charge in [0.2, 0.25) is 0 Å². The van der Waals surface area contributed by atoms with Crippen LogP contribution in [0.15, 0.2) is 24.3 Å². The summed E-state index contributed by atoms with van der Waals surface area (Å²) in [6.45, 7) is 2.39. The van der Waals surface area contributed by atoms with Crippen molar-refractivity contribution in [1.82, 2.24) is 9.78 Å². The Morgan fingerprint density at radius 2 is 2.15 bits per heavy atom. The third kappa shape index (κ3) is 2.59. The highest BCUT2D eigenvalue weighted by atomic mass is 16.1. The summed E-state index contributed by atoms with van der Waals surface area (Å²) in [7, 11) is 3.69. The van der Waals surface area contributed by atoms with Gasteiger partial charge in [0.05, 0.1) is 5.69 Å². The van der Waals surface area contributed by atoms with E-state index >= 15 is 0 Å². The number of nitrogen functional groups attached to an aromatic ring is 1. The number of anilines is 2. The number of aromatic nitrogens is 2. The van der Waals surface area contributed by atoms with E-state index in [1.165, 1.54) is 0 Å². The van der Waals surface area contributed by atoms with Crippen molar-refractivity contribution in [2.24, 2.45) is 12.8 Å². The molecular weight excluding hydrogens is 254 g/mol. The molecule has 20 heavy (non-hydrogen) atoms. The third-order valence-corrected chi connectivity index (χ3v) is 3.17. The fourth-order valence-corrected chi connectivity index (χ4v) is 2.41. The van der Waals surface area contributed by atoms with Gasteiger partial charge in [0.25, 0.3) is 5.91 Å². The van der Waals surface area contributed by atoms with Crippen molar-refractivity contribution in [2.45, 2.75) is 13.5 Å². The van der Waals surface area contributed by atoms with Gasteiger partial charge in [-0.05, 0) is 24.6 Å². The fraction of sp³-hybridized carbons (Fsp3) is 0.286. The predicted octanol–water partition coefficient (Wildman–Crippen LogP) is 1.05. The smallest absolute Gasteiger partial charge is 0.254 e. The fourth-order valence-electron chi connectivity index (χ4n) is 2.41. The van der Waals surface area contributed by atoms with Gasteiger partial charge in [-0.1, -0.05) is 12.1 Å². The third-order valence-electron chi connectivity index (χ3n) is 3.17. The number of primary amides is 1. The molecule has 0 radical (unpaired) electrons. The topological polar surface area (TPSA) is 90.2 Å². The highest BCUT2D eigenvalue weighted by molar-refractivity contribution is 5.99. The van der Waals surface area contributed by atoms with Crippen LogP contribution in [0.4, 0.5) is 11.5 Å². The Kier molecular flexibility index (Phi) is 3.65. The molecule has 6 heteroatoms. The van der Waals surface area contributed by atoms with Gasteiger partial charge < -0.3 is 16.4 Å². The molecule has 1 aromatic carbocycles. The number of carbonyl (C=O) groups is 1. The molecule has 6 nitrogen and oxygen atoms in total. The van der Waals surface area contributed by atoms with Crippen LogP contribution >= 0.6 is 0 Å². The van der Waals surface area contributed by atoms with Gasteiger partial charge in [0.15, 0.2) is 0 Å². The van der Waals surface area contributed by atoms with Crippen molar-refractivity contribution >= 4 is 17.4 Å². The van der Waals surface area contributed by atoms with Crippen molar-refractivity contribution in [3.05, 3.63) is 41.1 Å². The number of rotatable bonds is 4. The molecule has 2 rings (SSSR count). The first kappa shape index (κ1) is 13.9. The number of hydrogen-bond donors (Lipinski definition) is 2. The largest absolute Gasteiger partial charge is 0.399 e. The number of benzene rings is 1. The molecule has 0 bridgehead atoms. The molecular formula is C14H19N5O. The Morgan fingerprint density at radius 3 is 2.75 bits per heavy atom. The van der Waals surface area contributed by atoms with Crippen molar-refractivity contribution in [3.63, 3.8) is 0 Å². The molecule has 0 spiro atoms. The average Bonchev–Trinajstić information content (AvgIpc) is 2.64. The van der Waals surface area contributed by atoms with E-state index in [4.69, 9.17) is 11.5 Å². The van der Waals surface area contributed by atoms with Crippen LogP contribution in [0.1, 0.15) is 21.6 Å². The lowest BCUT2D eigenvalue weighted by Gasteiger charge is -2.20. The molecule has 0 fully saturated rings. The monoisotopic (exact) mass is 273 g/mol. The summed E-state index contributed by atoms with van der Waals surface area (Å²) in [5.41, 5.74) is 14.1. The molecule has 0 aliphatic rings. The number of aryl methyl sites for hydroxylation is 2. The van der Waals surface area contributed by atoms with Gasteiger partial charge in [-0.25, -0.2) is 0 Å². The molecule has 0 unspecified atom stereocenters. The highest BCUT2D eigenvalue weighted by Crippen LogP contribution is 2.23. The SMILES string of the molecule is Cc1nn(C)c(N(C)Cc2cccc(N)c2)c1C(N)=O. The van der Waals surface area contributed by atoms with E-state index in [0.717, 1.165) is 5.56 Å². The normalized spacial score (nSPS) is 10.6. The van der Waals surface area contributed by atoms with Gasteiger partial charge in [-0.15, -0.1) is 0 Å². The highest BCUT2D eigenvalue weighted by Gasteiger charge is 2.21. The number of carbonyl (C=O) groups excluding carboxylic acids is 1. The minimum atomic E-state index is -0.468. The number of amides is 1. The van der Waals surface area contributed by atoms with Crippen LogP contribution in [-0.4, -0.2) is 22.7 Å². The first-order valence-electron chi connectivity index (χ1n) is 6.29. The molecule has 4 N–H and O–H groups in total. The van der Waals surface area contributed by atoms with Crippen LogP contribution in [0.3, 0.4) is 0 Å². The zero-order chi connectivity index (χ0) is 14.9. The average molecular weight is 273 g/mol. The lowest BCUT2D eigenvalue weighted by atomic mass is 10.1. The molecule has 0 saturated heterocycles. The predicted molar refractivity (Wildman–Crippen MR) is 79.4 cm³/mol. The Balaban J connectivity index is 2.34. The van der Waals surface area contributed by atoms with Gasteiger partial charge in [-0.2, -0.15) is 5.10 Å². The summed E-state index contributed by atoms with van der Waals surface area (Å²) in [4.78, 5) is 13.5. The molecule has 1 heterocycles. The minimum absolute atomic E-state index is 0.457. The lowest BCUT2D eigenvalue weighted by Crippen LogP contribution is -2.23. The van der Waals surface area contributed by atoms with Crippen LogP contribution in [-0.2, 0) is 13.6 Å². The first-order valence-corrected chi connectivity index (χ1v) is 6.29. The van der Waals surface area contributed by atoms with Gasteiger partial charge in [0.1, 0.15) is 11.4 Å². The summed E-state index contributed by atoms with van der Waals surface area (Å²) >= 11 is 0. The van der Waals surface area contributed by atoms with Gasteiger partial charge in [-0.3, -0.25) is 9.48 Å². The van der Waals surface area contributed by atoms with Crippen LogP contribution in [0, 0.1) is 6.92 Å². The number of hydrogen-bond acceptors (Lipinski definition) is 4. The molecule has 106 valence electrons. The van der Waals surface area contributed by atoms with E-state index < -0.39 is 5.91 Å². The standard InChI is InChI=1S/C14H19N5O/c1-9-12(13(16)20)14(19(3)17-9)18(2)8-10-5-4-6-11(15)7-10/h4-7H,8,15H2,1-3H3,(H2,16,20). The Hall–Kier alpha value is -2.50. The van der Waals surface area contributed by atoms with Crippen LogP contribution in [0.2, 0.25) is 0 Å². The molecule has 1 amide bonds. The quantitative estimate of drug-likeness (QED) is 0.815. The van der Waals surface area contributed by atoms with Crippen LogP contribution in [0.25, 0.3) is 0 Å². The summed E-state index contributed by atoms with van der Waals surface area (Å²) in [5, 5.41) is 4.26. The zero-order valence-electron chi connectivity index (χ0n) is 11.9. The second-order valence-electron chi connectivity index (χ2n) is 4.87. The zero-order valence-corrected chi connectivity index (χ0v) is 11.9. The number of nitrogens with zero attached hydrogens (tertiary/aromatic N) is 3. The minimum Gasteiger partial charge on any atom is -0.399 e. The van der Waals surface area contributed by atoms with E-state index in [0.29, 0.717) is 29.3 Å². The van der Waals surface area contributed by atoms with E-state index in [9.17, 15) is 4.79 Å². The first-order chi connectivity index (χ1) is 9.40.